The van der Waals surface area contributed by atoms with Crippen LogP contribution in [-0.2, 0) is 7.05 Å². The van der Waals surface area contributed by atoms with Crippen molar-refractivity contribution in [2.45, 2.75) is 0 Å². The third kappa shape index (κ3) is 3.60. The van der Waals surface area contributed by atoms with Crippen LogP contribution in [0.1, 0.15) is 16.4 Å². The van der Waals surface area contributed by atoms with Gasteiger partial charge in [-0.05, 0) is 24.3 Å². The van der Waals surface area contributed by atoms with E-state index in [-0.39, 0.29) is 23.8 Å². The predicted molar refractivity (Wildman–Crippen MR) is 107 cm³/mol. The number of hydrogen-bond donors (Lipinski definition) is 1. The summed E-state index contributed by atoms with van der Waals surface area (Å²) in [4.78, 5) is 20.6. The third-order valence-corrected chi connectivity index (χ3v) is 5.18. The molecule has 29 heavy (non-hydrogen) atoms. The maximum Gasteiger partial charge on any atom is 0.289 e. The van der Waals surface area contributed by atoms with Crippen molar-refractivity contribution in [2.75, 3.05) is 32.7 Å². The number of piperazine rings is 1. The number of nitriles is 1. The Morgan fingerprint density at radius 1 is 1.21 bits per heavy atom. The molecule has 1 amide bonds. The van der Waals surface area contributed by atoms with Crippen LogP contribution in [0.15, 0.2) is 52.8 Å². The Morgan fingerprint density at radius 2 is 1.97 bits per heavy atom. The van der Waals surface area contributed by atoms with Crippen LogP contribution in [0.3, 0.4) is 0 Å². The Bertz CT molecular complexity index is 1100. The van der Waals surface area contributed by atoms with Gasteiger partial charge >= 0.3 is 0 Å². The molecule has 3 heterocycles. The molecule has 1 aliphatic heterocycles. The number of amides is 1. The molecular weight excluding hydrogens is 370 g/mol. The molecule has 0 atom stereocenters. The van der Waals surface area contributed by atoms with Gasteiger partial charge in [-0.3, -0.25) is 9.69 Å². The van der Waals surface area contributed by atoms with Crippen molar-refractivity contribution in [1.82, 2.24) is 19.4 Å². The average molecular weight is 391 g/mol. The lowest BCUT2D eigenvalue weighted by Gasteiger charge is -2.34. The van der Waals surface area contributed by atoms with E-state index >= 15 is 0 Å². The van der Waals surface area contributed by atoms with Crippen LogP contribution < -0.4 is 0 Å². The van der Waals surface area contributed by atoms with Crippen LogP contribution in [0.25, 0.3) is 16.6 Å². The monoisotopic (exact) mass is 391 g/mol. The lowest BCUT2D eigenvalue weighted by molar-refractivity contribution is 0.0607. The minimum Gasteiger partial charge on any atom is -0.509 e. The summed E-state index contributed by atoms with van der Waals surface area (Å²) in [7, 11) is 1.83. The van der Waals surface area contributed by atoms with E-state index in [9.17, 15) is 15.2 Å². The van der Waals surface area contributed by atoms with E-state index in [0.717, 1.165) is 11.0 Å². The van der Waals surface area contributed by atoms with Gasteiger partial charge in [0.25, 0.3) is 5.91 Å². The fourth-order valence-corrected chi connectivity index (χ4v) is 3.57. The number of aliphatic hydroxyl groups excluding tert-OH is 1. The fraction of sp³-hybridized carbons (Fsp3) is 0.286. The molecule has 3 aromatic rings. The van der Waals surface area contributed by atoms with Gasteiger partial charge in [-0.15, -0.1) is 0 Å². The quantitative estimate of drug-likeness (QED) is 0.542. The van der Waals surface area contributed by atoms with Gasteiger partial charge in [-0.2, -0.15) is 5.26 Å². The summed E-state index contributed by atoms with van der Waals surface area (Å²) in [5, 5.41) is 20.3. The number of benzene rings is 1. The number of aryl methyl sites for hydroxylation is 1. The number of aliphatic hydroxyl groups is 1. The number of fused-ring (bicyclic) bond motifs is 1. The van der Waals surface area contributed by atoms with E-state index < -0.39 is 0 Å². The van der Waals surface area contributed by atoms with Crippen LogP contribution >= 0.6 is 0 Å². The number of carbonyl (C=O) groups is 1. The molecule has 1 fully saturated rings. The maximum atomic E-state index is 12.4. The molecule has 0 unspecified atom stereocenters. The van der Waals surface area contributed by atoms with Gasteiger partial charge < -0.3 is 19.0 Å². The van der Waals surface area contributed by atoms with E-state index in [2.05, 4.69) is 11.1 Å². The summed E-state index contributed by atoms with van der Waals surface area (Å²) in [6.45, 7) is 2.48. The minimum absolute atomic E-state index is 0.0169. The number of hydrogen-bond acceptors (Lipinski definition) is 6. The fourth-order valence-electron chi connectivity index (χ4n) is 3.57. The third-order valence-electron chi connectivity index (χ3n) is 5.18. The molecule has 0 bridgehead atoms. The molecule has 1 aliphatic rings. The van der Waals surface area contributed by atoms with Crippen molar-refractivity contribution in [2.24, 2.45) is 7.05 Å². The topological polar surface area (TPSA) is 98.5 Å². The number of imidazole rings is 1. The molecule has 8 nitrogen and oxygen atoms in total. The van der Waals surface area contributed by atoms with Crippen LogP contribution in [0.4, 0.5) is 0 Å². The molecule has 8 heteroatoms. The zero-order chi connectivity index (χ0) is 20.4. The smallest absolute Gasteiger partial charge is 0.289 e. The van der Waals surface area contributed by atoms with E-state index in [1.54, 1.807) is 17.0 Å². The molecule has 0 saturated carbocycles. The van der Waals surface area contributed by atoms with Gasteiger partial charge in [-0.25, -0.2) is 4.98 Å². The number of allylic oxidation sites excluding steroid dienone is 1. The van der Waals surface area contributed by atoms with E-state index in [4.69, 9.17) is 4.42 Å². The molecule has 148 valence electrons. The summed E-state index contributed by atoms with van der Waals surface area (Å²) in [5.41, 5.74) is 1.83. The first kappa shape index (κ1) is 18.8. The first-order chi connectivity index (χ1) is 14.1. The van der Waals surface area contributed by atoms with Crippen LogP contribution in [0.5, 0.6) is 0 Å². The summed E-state index contributed by atoms with van der Waals surface area (Å²) in [6, 6.07) is 13.0. The highest BCUT2D eigenvalue weighted by Crippen LogP contribution is 2.22. The number of furan rings is 1. The predicted octanol–water partition coefficient (Wildman–Crippen LogP) is 2.42. The maximum absolute atomic E-state index is 12.4. The van der Waals surface area contributed by atoms with Gasteiger partial charge in [0.15, 0.2) is 11.6 Å². The highest BCUT2D eigenvalue weighted by atomic mass is 16.3. The zero-order valence-electron chi connectivity index (χ0n) is 16.1. The van der Waals surface area contributed by atoms with Crippen LogP contribution in [0, 0.1) is 11.3 Å². The lowest BCUT2D eigenvalue weighted by Crippen LogP contribution is -2.49. The second kappa shape index (κ2) is 7.81. The standard InChI is InChI=1S/C21H21N5O3/c1-24-17-6-3-2-5-16(17)23-20(24)15(13-22)18(27)14-25-8-10-26(11-9-25)21(28)19-7-4-12-29-19/h2-7,12,27H,8-11,14H2,1H3/b18-15-. The van der Waals surface area contributed by atoms with Gasteiger partial charge in [0, 0.05) is 33.2 Å². The van der Waals surface area contributed by atoms with Gasteiger partial charge in [0.2, 0.25) is 0 Å². The summed E-state index contributed by atoms with van der Waals surface area (Å²) < 4.78 is 6.98. The number of rotatable bonds is 4. The molecule has 1 saturated heterocycles. The van der Waals surface area contributed by atoms with Crippen LogP contribution in [-0.4, -0.2) is 63.1 Å². The van der Waals surface area contributed by atoms with Gasteiger partial charge in [0.05, 0.1) is 23.8 Å². The zero-order valence-corrected chi connectivity index (χ0v) is 16.1. The average Bonchev–Trinajstić information content (AvgIpc) is 3.38. The summed E-state index contributed by atoms with van der Waals surface area (Å²) in [5.74, 6) is 0.621. The lowest BCUT2D eigenvalue weighted by atomic mass is 10.2. The molecule has 0 spiro atoms. The molecule has 1 N–H and O–H groups in total. The Labute approximate surface area is 167 Å². The Morgan fingerprint density at radius 3 is 2.62 bits per heavy atom. The van der Waals surface area contributed by atoms with Crippen molar-refractivity contribution in [3.8, 4) is 6.07 Å². The highest BCUT2D eigenvalue weighted by molar-refractivity contribution is 5.91. The number of aromatic nitrogens is 2. The Balaban J connectivity index is 1.47. The van der Waals surface area contributed by atoms with Crippen molar-refractivity contribution >= 4 is 22.5 Å². The normalized spacial score (nSPS) is 15.9. The Hall–Kier alpha value is -3.57. The van der Waals surface area contributed by atoms with Gasteiger partial charge in [-0.1, -0.05) is 12.1 Å². The van der Waals surface area contributed by atoms with Gasteiger partial charge in [0.1, 0.15) is 17.4 Å². The molecule has 1 aromatic carbocycles. The minimum atomic E-state index is -0.133. The van der Waals surface area contributed by atoms with Crippen LogP contribution in [0.2, 0.25) is 0 Å². The molecule has 0 radical (unpaired) electrons. The van der Waals surface area contributed by atoms with E-state index in [1.807, 2.05) is 40.8 Å². The van der Waals surface area contributed by atoms with Crippen molar-refractivity contribution in [3.05, 3.63) is 60.0 Å². The molecule has 0 aliphatic carbocycles. The van der Waals surface area contributed by atoms with E-state index in [0.29, 0.717) is 37.8 Å². The first-order valence-electron chi connectivity index (χ1n) is 9.37. The number of nitrogens with zero attached hydrogens (tertiary/aromatic N) is 5. The Kier molecular flexibility index (Phi) is 5.06. The largest absolute Gasteiger partial charge is 0.509 e. The SMILES string of the molecule is Cn1c(/C(C#N)=C(\O)CN2CCN(C(=O)c3ccco3)CC2)nc2ccccc21. The second-order valence-electron chi connectivity index (χ2n) is 6.96. The molecular formula is C21H21N5O3. The van der Waals surface area contributed by atoms with Crippen molar-refractivity contribution in [1.29, 1.82) is 5.26 Å². The van der Waals surface area contributed by atoms with Crippen molar-refractivity contribution < 1.29 is 14.3 Å². The summed E-state index contributed by atoms with van der Waals surface area (Å²) in [6.07, 6.45) is 1.48. The number of carbonyl (C=O) groups excluding carboxylic acids is 1. The number of para-hydroxylation sites is 2. The first-order valence-corrected chi connectivity index (χ1v) is 9.37. The second-order valence-corrected chi connectivity index (χ2v) is 6.96. The van der Waals surface area contributed by atoms with E-state index in [1.165, 1.54) is 6.26 Å². The molecule has 4 rings (SSSR count). The van der Waals surface area contributed by atoms with Crippen molar-refractivity contribution in [3.63, 3.8) is 0 Å². The highest BCUT2D eigenvalue weighted by Gasteiger charge is 2.25. The molecule has 2 aromatic heterocycles. The summed E-state index contributed by atoms with van der Waals surface area (Å²) >= 11 is 0.